The van der Waals surface area contributed by atoms with Gasteiger partial charge in [0.05, 0.1) is 19.9 Å². The predicted octanol–water partition coefficient (Wildman–Crippen LogP) is 2.26. The minimum absolute atomic E-state index is 0.0931. The number of amides is 2. The van der Waals surface area contributed by atoms with Gasteiger partial charge < -0.3 is 24.4 Å². The predicted molar refractivity (Wildman–Crippen MR) is 101 cm³/mol. The average molecular weight is 367 g/mol. The molecule has 3 heterocycles. The molecule has 1 aromatic carbocycles. The number of rotatable bonds is 4. The van der Waals surface area contributed by atoms with Gasteiger partial charge in [-0.3, -0.25) is 0 Å². The lowest BCUT2D eigenvalue weighted by atomic mass is 10.2. The van der Waals surface area contributed by atoms with Crippen LogP contribution in [0.15, 0.2) is 47.1 Å². The van der Waals surface area contributed by atoms with Crippen LogP contribution in [0.1, 0.15) is 5.69 Å². The second-order valence-corrected chi connectivity index (χ2v) is 6.31. The lowest BCUT2D eigenvalue weighted by molar-refractivity contribution is 0.193. The first-order valence-electron chi connectivity index (χ1n) is 8.85. The van der Waals surface area contributed by atoms with Gasteiger partial charge in [-0.15, -0.1) is 0 Å². The molecule has 8 heteroatoms. The summed E-state index contributed by atoms with van der Waals surface area (Å²) < 4.78 is 10.4. The van der Waals surface area contributed by atoms with Crippen LogP contribution < -0.4 is 15.0 Å². The highest BCUT2D eigenvalue weighted by molar-refractivity contribution is 5.80. The van der Waals surface area contributed by atoms with Crippen molar-refractivity contribution in [3.05, 3.63) is 48.3 Å². The van der Waals surface area contributed by atoms with Gasteiger partial charge >= 0.3 is 6.03 Å². The zero-order valence-electron chi connectivity index (χ0n) is 15.1. The summed E-state index contributed by atoms with van der Waals surface area (Å²) in [5.41, 5.74) is 1.46. The first-order valence-corrected chi connectivity index (χ1v) is 8.85. The molecule has 8 nitrogen and oxygen atoms in total. The van der Waals surface area contributed by atoms with Crippen LogP contribution in [0.2, 0.25) is 0 Å². The quantitative estimate of drug-likeness (QED) is 0.762. The van der Waals surface area contributed by atoms with Crippen LogP contribution in [-0.4, -0.2) is 54.4 Å². The van der Waals surface area contributed by atoms with E-state index in [1.165, 1.54) is 0 Å². The Morgan fingerprint density at radius 3 is 2.74 bits per heavy atom. The Morgan fingerprint density at radius 2 is 2.00 bits per heavy atom. The van der Waals surface area contributed by atoms with Crippen LogP contribution in [0.5, 0.6) is 5.75 Å². The fourth-order valence-electron chi connectivity index (χ4n) is 3.16. The SMILES string of the molecule is COc1ccc(N2CCN(C(=O)NCc3noc4ccccc34)CC2)nc1. The number of pyridine rings is 1. The first-order chi connectivity index (χ1) is 13.2. The standard InChI is InChI=1S/C19H21N5O3/c1-26-14-6-7-18(20-12-14)23-8-10-24(11-9-23)19(25)21-13-16-15-4-2-3-5-17(15)27-22-16/h2-7,12H,8-11,13H2,1H3,(H,21,25). The summed E-state index contributed by atoms with van der Waals surface area (Å²) in [5, 5.41) is 7.90. The number of methoxy groups -OCH3 is 1. The maximum Gasteiger partial charge on any atom is 0.317 e. The Morgan fingerprint density at radius 1 is 1.19 bits per heavy atom. The molecule has 1 saturated heterocycles. The number of ether oxygens (including phenoxy) is 1. The molecular formula is C19H21N5O3. The maximum absolute atomic E-state index is 12.5. The van der Waals surface area contributed by atoms with Gasteiger partial charge in [0, 0.05) is 31.6 Å². The van der Waals surface area contributed by atoms with Gasteiger partial charge in [-0.25, -0.2) is 9.78 Å². The summed E-state index contributed by atoms with van der Waals surface area (Å²) in [6.07, 6.45) is 1.71. The number of hydrogen-bond acceptors (Lipinski definition) is 6. The molecule has 0 aliphatic carbocycles. The number of benzene rings is 1. The third kappa shape index (κ3) is 3.64. The smallest absolute Gasteiger partial charge is 0.317 e. The highest BCUT2D eigenvalue weighted by Crippen LogP contribution is 2.18. The third-order valence-electron chi connectivity index (χ3n) is 4.71. The molecular weight excluding hydrogens is 346 g/mol. The number of aromatic nitrogens is 2. The van der Waals surface area contributed by atoms with E-state index in [0.717, 1.165) is 41.3 Å². The van der Waals surface area contributed by atoms with E-state index in [4.69, 9.17) is 9.26 Å². The number of carbonyl (C=O) groups excluding carboxylic acids is 1. The Balaban J connectivity index is 1.30. The van der Waals surface area contributed by atoms with Gasteiger partial charge in [0.2, 0.25) is 0 Å². The molecule has 1 N–H and O–H groups in total. The van der Waals surface area contributed by atoms with Crippen molar-refractivity contribution < 1.29 is 14.1 Å². The minimum atomic E-state index is -0.0931. The van der Waals surface area contributed by atoms with Gasteiger partial charge in [0.15, 0.2) is 5.58 Å². The monoisotopic (exact) mass is 367 g/mol. The molecule has 2 amide bonds. The van der Waals surface area contributed by atoms with E-state index >= 15 is 0 Å². The van der Waals surface area contributed by atoms with Gasteiger partial charge in [-0.2, -0.15) is 0 Å². The Bertz CT molecular complexity index is 916. The molecule has 2 aromatic heterocycles. The molecule has 0 bridgehead atoms. The molecule has 1 fully saturated rings. The van der Waals surface area contributed by atoms with Crippen LogP contribution >= 0.6 is 0 Å². The fraction of sp³-hybridized carbons (Fsp3) is 0.316. The first kappa shape index (κ1) is 17.1. The molecule has 1 aliphatic heterocycles. The molecule has 0 spiro atoms. The van der Waals surface area contributed by atoms with Crippen molar-refractivity contribution in [2.24, 2.45) is 0 Å². The van der Waals surface area contributed by atoms with Gasteiger partial charge in [-0.05, 0) is 24.3 Å². The largest absolute Gasteiger partial charge is 0.495 e. The van der Waals surface area contributed by atoms with Crippen molar-refractivity contribution in [3.8, 4) is 5.75 Å². The molecule has 140 valence electrons. The Hall–Kier alpha value is -3.29. The highest BCUT2D eigenvalue weighted by Gasteiger charge is 2.22. The summed E-state index contributed by atoms with van der Waals surface area (Å²) in [7, 11) is 1.62. The normalized spacial score (nSPS) is 14.4. The van der Waals surface area contributed by atoms with E-state index in [2.05, 4.69) is 20.4 Å². The number of hydrogen-bond donors (Lipinski definition) is 1. The number of nitrogens with zero attached hydrogens (tertiary/aromatic N) is 4. The number of anilines is 1. The number of nitrogens with one attached hydrogen (secondary N) is 1. The minimum Gasteiger partial charge on any atom is -0.495 e. The summed E-state index contributed by atoms with van der Waals surface area (Å²) in [4.78, 5) is 20.8. The van der Waals surface area contributed by atoms with Gasteiger partial charge in [0.1, 0.15) is 17.3 Å². The van der Waals surface area contributed by atoms with E-state index in [1.807, 2.05) is 41.3 Å². The molecule has 1 aliphatic rings. The third-order valence-corrected chi connectivity index (χ3v) is 4.71. The molecule has 27 heavy (non-hydrogen) atoms. The summed E-state index contributed by atoms with van der Waals surface area (Å²) in [6.45, 7) is 3.09. The van der Waals surface area contributed by atoms with Crippen LogP contribution in [-0.2, 0) is 6.54 Å². The van der Waals surface area contributed by atoms with E-state index in [0.29, 0.717) is 19.6 Å². The van der Waals surface area contributed by atoms with Gasteiger partial charge in [-0.1, -0.05) is 17.3 Å². The van der Waals surface area contributed by atoms with Crippen molar-refractivity contribution >= 4 is 22.8 Å². The van der Waals surface area contributed by atoms with E-state index < -0.39 is 0 Å². The summed E-state index contributed by atoms with van der Waals surface area (Å²) in [5.74, 6) is 1.63. The van der Waals surface area contributed by atoms with Crippen molar-refractivity contribution in [2.75, 3.05) is 38.2 Å². The number of carbonyl (C=O) groups is 1. The zero-order chi connectivity index (χ0) is 18.6. The molecule has 0 atom stereocenters. The second kappa shape index (κ2) is 7.53. The van der Waals surface area contributed by atoms with E-state index in [-0.39, 0.29) is 6.03 Å². The molecule has 0 radical (unpaired) electrons. The van der Waals surface area contributed by atoms with Gasteiger partial charge in [0.25, 0.3) is 0 Å². The van der Waals surface area contributed by atoms with Crippen molar-refractivity contribution in [1.82, 2.24) is 20.4 Å². The van der Waals surface area contributed by atoms with Crippen LogP contribution in [0.25, 0.3) is 11.0 Å². The van der Waals surface area contributed by atoms with E-state index in [1.54, 1.807) is 13.3 Å². The zero-order valence-corrected chi connectivity index (χ0v) is 15.1. The van der Waals surface area contributed by atoms with Crippen molar-refractivity contribution in [3.63, 3.8) is 0 Å². The average Bonchev–Trinajstić information content (AvgIpc) is 3.15. The molecule has 0 unspecified atom stereocenters. The topological polar surface area (TPSA) is 83.7 Å². The molecule has 0 saturated carbocycles. The Labute approximate surface area is 156 Å². The van der Waals surface area contributed by atoms with Crippen LogP contribution in [0.3, 0.4) is 0 Å². The molecule has 3 aromatic rings. The lowest BCUT2D eigenvalue weighted by Gasteiger charge is -2.35. The Kier molecular flexibility index (Phi) is 4.78. The molecule has 4 rings (SSSR count). The second-order valence-electron chi connectivity index (χ2n) is 6.31. The fourth-order valence-corrected chi connectivity index (χ4v) is 3.16. The number of fused-ring (bicyclic) bond motifs is 1. The number of piperazine rings is 1. The van der Waals surface area contributed by atoms with Crippen LogP contribution in [0.4, 0.5) is 10.6 Å². The van der Waals surface area contributed by atoms with Crippen LogP contribution in [0, 0.1) is 0 Å². The maximum atomic E-state index is 12.5. The van der Waals surface area contributed by atoms with Crippen molar-refractivity contribution in [1.29, 1.82) is 0 Å². The van der Waals surface area contributed by atoms with Crippen molar-refractivity contribution in [2.45, 2.75) is 6.54 Å². The highest BCUT2D eigenvalue weighted by atomic mass is 16.5. The summed E-state index contributed by atoms with van der Waals surface area (Å²) in [6, 6.07) is 11.4. The lowest BCUT2D eigenvalue weighted by Crippen LogP contribution is -2.51. The van der Waals surface area contributed by atoms with E-state index in [9.17, 15) is 4.79 Å². The number of para-hydroxylation sites is 1. The number of urea groups is 1. The summed E-state index contributed by atoms with van der Waals surface area (Å²) >= 11 is 0.